The number of carbonyl (C=O) groups is 1. The molecule has 2 aliphatic rings. The van der Waals surface area contributed by atoms with Gasteiger partial charge in [0.05, 0.1) is 19.3 Å². The Kier molecular flexibility index (Phi) is 5.72. The smallest absolute Gasteiger partial charge is 0.337 e. The number of aliphatic hydroxyl groups is 1. The number of nitrogen functional groups attached to an aromatic ring is 1. The lowest BCUT2D eigenvalue weighted by Gasteiger charge is -2.24. The maximum atomic E-state index is 12.5. The molecule has 5 atom stereocenters. The molecule has 3 aromatic rings. The van der Waals surface area contributed by atoms with E-state index in [4.69, 9.17) is 24.3 Å². The third-order valence-electron chi connectivity index (χ3n) is 5.18. The maximum absolute atomic E-state index is 12.5. The SMILES string of the molecule is COC(=O)c1ccc(Sc2nc3c(=O)[nH]c(N)nc3n2[C@@H]2OC3CO[PH](=O)O[C@H]3C2O)cc1. The lowest BCUT2D eigenvalue weighted by atomic mass is 10.1. The Morgan fingerprint density at radius 3 is 2.85 bits per heavy atom. The maximum Gasteiger partial charge on any atom is 0.337 e. The number of aromatic nitrogens is 4. The monoisotopic (exact) mass is 495 g/mol. The van der Waals surface area contributed by atoms with Gasteiger partial charge in [0.1, 0.15) is 18.3 Å². The van der Waals surface area contributed by atoms with E-state index in [0.29, 0.717) is 10.5 Å². The fraction of sp³-hybridized carbons (Fsp3) is 0.333. The number of ether oxygens (including phenoxy) is 2. The van der Waals surface area contributed by atoms with Gasteiger partial charge in [0.2, 0.25) is 5.95 Å². The van der Waals surface area contributed by atoms with Crippen molar-refractivity contribution in [3.05, 3.63) is 40.2 Å². The molecule has 15 heteroatoms. The number of benzene rings is 1. The van der Waals surface area contributed by atoms with Crippen LogP contribution in [0.25, 0.3) is 11.2 Å². The first-order chi connectivity index (χ1) is 15.9. The molecule has 174 valence electrons. The van der Waals surface area contributed by atoms with E-state index in [1.807, 2.05) is 0 Å². The van der Waals surface area contributed by atoms with Crippen LogP contribution in [0.4, 0.5) is 5.95 Å². The van der Waals surface area contributed by atoms with Crippen LogP contribution in [0.2, 0.25) is 0 Å². The van der Waals surface area contributed by atoms with Crippen LogP contribution in [-0.2, 0) is 23.1 Å². The molecule has 2 aromatic heterocycles. The van der Waals surface area contributed by atoms with Gasteiger partial charge < -0.3 is 29.4 Å². The van der Waals surface area contributed by atoms with E-state index < -0.39 is 44.3 Å². The summed E-state index contributed by atoms with van der Waals surface area (Å²) in [6.07, 6.45) is -3.87. The van der Waals surface area contributed by atoms with Crippen LogP contribution in [0.15, 0.2) is 39.1 Å². The second-order valence-corrected chi connectivity index (χ2v) is 9.27. The highest BCUT2D eigenvalue weighted by molar-refractivity contribution is 7.99. The molecule has 0 amide bonds. The molecular weight excluding hydrogens is 477 g/mol. The molecule has 1 aromatic carbocycles. The molecule has 0 bridgehead atoms. The predicted molar refractivity (Wildman–Crippen MR) is 114 cm³/mol. The van der Waals surface area contributed by atoms with Crippen LogP contribution in [0.5, 0.6) is 0 Å². The van der Waals surface area contributed by atoms with Crippen molar-refractivity contribution < 1.29 is 33.0 Å². The summed E-state index contributed by atoms with van der Waals surface area (Å²) in [7, 11) is -1.45. The number of aromatic amines is 1. The van der Waals surface area contributed by atoms with Gasteiger partial charge in [-0.25, -0.2) is 9.78 Å². The summed E-state index contributed by atoms with van der Waals surface area (Å²) in [5, 5.41) is 11.2. The van der Waals surface area contributed by atoms with E-state index in [9.17, 15) is 19.3 Å². The highest BCUT2D eigenvalue weighted by Crippen LogP contribution is 2.44. The fourth-order valence-electron chi connectivity index (χ4n) is 3.67. The minimum atomic E-state index is -2.74. The molecule has 0 saturated carbocycles. The van der Waals surface area contributed by atoms with E-state index in [-0.39, 0.29) is 28.9 Å². The summed E-state index contributed by atoms with van der Waals surface area (Å²) < 4.78 is 34.1. The number of methoxy groups -OCH3 is 1. The minimum absolute atomic E-state index is 0.00528. The first kappa shape index (κ1) is 22.1. The van der Waals surface area contributed by atoms with E-state index in [1.54, 1.807) is 24.3 Å². The summed E-state index contributed by atoms with van der Waals surface area (Å²) in [5.41, 5.74) is 5.64. The Bertz CT molecular complexity index is 1310. The van der Waals surface area contributed by atoms with Crippen molar-refractivity contribution in [1.29, 1.82) is 0 Å². The van der Waals surface area contributed by atoms with Crippen molar-refractivity contribution in [3.63, 3.8) is 0 Å². The molecule has 3 unspecified atom stereocenters. The lowest BCUT2D eigenvalue weighted by molar-refractivity contribution is -0.0583. The average molecular weight is 495 g/mol. The third kappa shape index (κ3) is 3.94. The van der Waals surface area contributed by atoms with Crippen LogP contribution in [0.3, 0.4) is 0 Å². The number of H-pyrrole nitrogens is 1. The second kappa shape index (κ2) is 8.56. The number of esters is 1. The van der Waals surface area contributed by atoms with Gasteiger partial charge in [0.25, 0.3) is 5.56 Å². The van der Waals surface area contributed by atoms with Crippen LogP contribution in [0, 0.1) is 0 Å². The summed E-state index contributed by atoms with van der Waals surface area (Å²) in [5.74, 6) is -0.612. The number of hydrogen-bond donors (Lipinski definition) is 3. The molecule has 4 N–H and O–H groups in total. The predicted octanol–water partition coefficient (Wildman–Crippen LogP) is 0.703. The van der Waals surface area contributed by atoms with E-state index in [1.165, 1.54) is 11.7 Å². The largest absolute Gasteiger partial charge is 0.465 e. The van der Waals surface area contributed by atoms with Gasteiger partial charge >= 0.3 is 14.2 Å². The zero-order chi connectivity index (χ0) is 23.3. The molecule has 0 radical (unpaired) electrons. The number of carbonyl (C=O) groups excluding carboxylic acids is 1. The highest BCUT2D eigenvalue weighted by Gasteiger charge is 2.50. The number of fused-ring (bicyclic) bond motifs is 2. The quantitative estimate of drug-likeness (QED) is 0.341. The molecule has 0 aliphatic carbocycles. The van der Waals surface area contributed by atoms with Crippen molar-refractivity contribution in [3.8, 4) is 0 Å². The number of nitrogens with two attached hydrogens (primary N) is 1. The van der Waals surface area contributed by atoms with Gasteiger partial charge in [-0.2, -0.15) is 4.98 Å². The Balaban J connectivity index is 1.57. The number of aliphatic hydroxyl groups excluding tert-OH is 1. The van der Waals surface area contributed by atoms with Gasteiger partial charge in [-0.05, 0) is 24.3 Å². The van der Waals surface area contributed by atoms with Crippen molar-refractivity contribution in [1.82, 2.24) is 19.5 Å². The summed E-state index contributed by atoms with van der Waals surface area (Å²) >= 11 is 1.15. The molecule has 4 heterocycles. The van der Waals surface area contributed by atoms with Crippen molar-refractivity contribution in [2.45, 2.75) is 34.6 Å². The van der Waals surface area contributed by atoms with Gasteiger partial charge in [-0.3, -0.25) is 18.9 Å². The summed E-state index contributed by atoms with van der Waals surface area (Å²) in [6.45, 7) is -0.0176. The number of imidazole rings is 1. The molecular formula is C18H18N5O8PS. The summed E-state index contributed by atoms with van der Waals surface area (Å²) in [4.78, 5) is 35.8. The Labute approximate surface area is 190 Å². The highest BCUT2D eigenvalue weighted by atomic mass is 32.2. The Morgan fingerprint density at radius 1 is 1.36 bits per heavy atom. The van der Waals surface area contributed by atoms with Crippen molar-refractivity contribution in [2.75, 3.05) is 19.5 Å². The molecule has 0 spiro atoms. The minimum Gasteiger partial charge on any atom is -0.465 e. The Hall–Kier alpha value is -2.74. The fourth-order valence-corrected chi connectivity index (χ4v) is 5.46. The van der Waals surface area contributed by atoms with E-state index in [0.717, 1.165) is 11.8 Å². The number of rotatable bonds is 4. The molecule has 13 nitrogen and oxygen atoms in total. The van der Waals surface area contributed by atoms with E-state index >= 15 is 0 Å². The standard InChI is InChI=1S/C18H18N5O8PS/c1-28-16(26)7-2-4-8(5-3-7)33-18-20-10-13(21-17(19)22-14(10)25)23(18)15-11(24)12-9(30-15)6-29-32(27)31-12/h2-5,9,11-12,15,24,32H,6H2,1H3,(H3,19,21,22,25)/t9?,11?,12-,15-/m1/s1. The molecule has 2 aliphatic heterocycles. The van der Waals surface area contributed by atoms with Crippen LogP contribution in [0.1, 0.15) is 16.6 Å². The van der Waals surface area contributed by atoms with Gasteiger partial charge in [0.15, 0.2) is 22.5 Å². The molecule has 2 fully saturated rings. The average Bonchev–Trinajstić information content (AvgIpc) is 3.31. The second-order valence-electron chi connectivity index (χ2n) is 7.20. The third-order valence-corrected chi connectivity index (χ3v) is 7.03. The number of nitrogens with zero attached hydrogens (tertiary/aromatic N) is 3. The van der Waals surface area contributed by atoms with Crippen LogP contribution < -0.4 is 11.3 Å². The van der Waals surface area contributed by atoms with Crippen molar-refractivity contribution >= 4 is 43.1 Å². The van der Waals surface area contributed by atoms with Gasteiger partial charge in [-0.1, -0.05) is 11.8 Å². The topological polar surface area (TPSA) is 181 Å². The summed E-state index contributed by atoms with van der Waals surface area (Å²) in [6, 6.07) is 6.54. The number of hydrogen-bond acceptors (Lipinski definition) is 12. The first-order valence-corrected chi connectivity index (χ1v) is 11.7. The van der Waals surface area contributed by atoms with Gasteiger partial charge in [0, 0.05) is 4.90 Å². The van der Waals surface area contributed by atoms with Crippen molar-refractivity contribution in [2.24, 2.45) is 0 Å². The van der Waals surface area contributed by atoms with Crippen LogP contribution in [-0.4, -0.2) is 62.6 Å². The Morgan fingerprint density at radius 2 is 2.12 bits per heavy atom. The lowest BCUT2D eigenvalue weighted by Crippen LogP contribution is -2.37. The van der Waals surface area contributed by atoms with E-state index in [2.05, 4.69) is 15.0 Å². The zero-order valence-electron chi connectivity index (χ0n) is 17.0. The normalized spacial score (nSPS) is 26.9. The molecule has 33 heavy (non-hydrogen) atoms. The number of nitrogens with one attached hydrogen (secondary N) is 1. The molecule has 5 rings (SSSR count). The van der Waals surface area contributed by atoms with Gasteiger partial charge in [-0.15, -0.1) is 0 Å². The zero-order valence-corrected chi connectivity index (χ0v) is 18.8. The van der Waals surface area contributed by atoms with Crippen LogP contribution >= 0.6 is 20.0 Å². The first-order valence-electron chi connectivity index (χ1n) is 9.66. The molecule has 2 saturated heterocycles. The number of anilines is 1.